The lowest BCUT2D eigenvalue weighted by Crippen LogP contribution is -2.37. The highest BCUT2D eigenvalue weighted by atomic mass is 31.2. The van der Waals surface area contributed by atoms with Gasteiger partial charge < -0.3 is 27.9 Å². The molecule has 2 atom stereocenters. The van der Waals surface area contributed by atoms with E-state index in [1.54, 1.807) is 0 Å². The molecule has 0 aromatic rings. The third-order valence-electron chi connectivity index (χ3n) is 12.4. The molecule has 0 aromatic carbocycles. The van der Waals surface area contributed by atoms with Gasteiger partial charge in [-0.25, -0.2) is 0 Å². The van der Waals surface area contributed by atoms with Crippen molar-refractivity contribution >= 4 is 19.8 Å². The highest BCUT2D eigenvalue weighted by Gasteiger charge is 2.22. The molecule has 0 aromatic heterocycles. The second-order valence-corrected chi connectivity index (χ2v) is 22.4. The van der Waals surface area contributed by atoms with Gasteiger partial charge in [-0.3, -0.25) is 14.2 Å². The van der Waals surface area contributed by atoms with E-state index < -0.39 is 32.5 Å². The minimum Gasteiger partial charge on any atom is -0.756 e. The summed E-state index contributed by atoms with van der Waals surface area (Å²) >= 11 is 0. The van der Waals surface area contributed by atoms with Crippen molar-refractivity contribution in [2.45, 2.75) is 225 Å². The summed E-state index contributed by atoms with van der Waals surface area (Å²) in [5.74, 6) is -0.868. The van der Waals surface area contributed by atoms with Gasteiger partial charge in [0.2, 0.25) is 0 Å². The number of carbonyl (C=O) groups excluding carboxylic acids is 2. The van der Waals surface area contributed by atoms with Crippen LogP contribution in [-0.4, -0.2) is 70.0 Å². The van der Waals surface area contributed by atoms with Crippen LogP contribution in [-0.2, 0) is 32.7 Å². The molecule has 0 rings (SSSR count). The van der Waals surface area contributed by atoms with Crippen molar-refractivity contribution in [3.05, 3.63) is 146 Å². The summed E-state index contributed by atoms with van der Waals surface area (Å²) in [6.07, 6.45) is 84.6. The normalized spacial score (nSPS) is 14.3. The molecule has 0 bridgehead atoms. The minimum atomic E-state index is -4.65. The number of hydrogen-bond donors (Lipinski definition) is 0. The lowest BCUT2D eigenvalue weighted by atomic mass is 10.0. The van der Waals surface area contributed by atoms with Crippen LogP contribution in [0.4, 0.5) is 0 Å². The van der Waals surface area contributed by atoms with Crippen LogP contribution < -0.4 is 4.89 Å². The fourth-order valence-electron chi connectivity index (χ4n) is 7.72. The number of hydrogen-bond acceptors (Lipinski definition) is 8. The maximum absolute atomic E-state index is 12.8. The molecule has 0 saturated carbocycles. The summed E-state index contributed by atoms with van der Waals surface area (Å²) in [6, 6.07) is 0. The predicted octanol–water partition coefficient (Wildman–Crippen LogP) is 18.8. The Morgan fingerprint density at radius 1 is 0.397 bits per heavy atom. The molecule has 0 amide bonds. The molecule has 0 spiro atoms. The van der Waals surface area contributed by atoms with Crippen LogP contribution in [0.25, 0.3) is 0 Å². The van der Waals surface area contributed by atoms with E-state index in [0.717, 1.165) is 135 Å². The molecule has 0 radical (unpaired) electrons. The van der Waals surface area contributed by atoms with Crippen molar-refractivity contribution in [3.8, 4) is 0 Å². The molecule has 0 fully saturated rings. The number of phosphoric acid groups is 1. The number of rotatable bonds is 54. The van der Waals surface area contributed by atoms with Crippen molar-refractivity contribution in [1.82, 2.24) is 0 Å². The quantitative estimate of drug-likeness (QED) is 0.0195. The first-order valence-corrected chi connectivity index (χ1v) is 32.0. The van der Waals surface area contributed by atoms with Crippen molar-refractivity contribution in [1.29, 1.82) is 0 Å². The molecule has 0 heterocycles. The number of quaternary nitrogens is 1. The topological polar surface area (TPSA) is 111 Å². The number of carbonyl (C=O) groups is 2. The standard InChI is InChI=1S/C68H112NO8P/c1-6-8-10-12-14-16-18-20-22-24-26-28-29-30-31-32-33-34-35-36-37-38-39-41-43-45-47-49-51-53-55-57-59-61-68(71)77-66(65-76-78(72,73)75-63-62-69(3,4)5)64-74-67(70)60-58-56-54-52-50-48-46-44-42-40-27-25-23-21-19-17-15-13-11-9-7-2/h8-11,14-17,20-23,26-28,30-31,33-34,36-37,40,44,46,66H,6-7,12-13,18-19,24-25,29,32,35,38-39,41-43,45,47-65H2,1-5H3/b10-8-,11-9-,16-14-,17-15-,22-20-,23-21-,28-26-,31-30-,34-33-,37-36-,40-27-,46-44-. The molecule has 78 heavy (non-hydrogen) atoms. The summed E-state index contributed by atoms with van der Waals surface area (Å²) < 4.78 is 34.2. The number of phosphoric ester groups is 1. The monoisotopic (exact) mass is 1100 g/mol. The Balaban J connectivity index is 4.19. The van der Waals surface area contributed by atoms with Gasteiger partial charge in [0, 0.05) is 12.8 Å². The average molecular weight is 1100 g/mol. The van der Waals surface area contributed by atoms with E-state index in [4.69, 9.17) is 18.5 Å². The number of allylic oxidation sites excluding steroid dienone is 24. The van der Waals surface area contributed by atoms with E-state index in [0.29, 0.717) is 23.9 Å². The maximum atomic E-state index is 12.8. The van der Waals surface area contributed by atoms with Gasteiger partial charge in [0.15, 0.2) is 6.10 Å². The Kier molecular flexibility index (Phi) is 54.5. The summed E-state index contributed by atoms with van der Waals surface area (Å²) in [5, 5.41) is 0. The van der Waals surface area contributed by atoms with Crippen LogP contribution in [0.2, 0.25) is 0 Å². The fourth-order valence-corrected chi connectivity index (χ4v) is 8.45. The Hall–Kier alpha value is -4.11. The van der Waals surface area contributed by atoms with Gasteiger partial charge in [0.25, 0.3) is 7.82 Å². The average Bonchev–Trinajstić information content (AvgIpc) is 3.41. The number of nitrogens with zero attached hydrogens (tertiary/aromatic N) is 1. The summed E-state index contributed by atoms with van der Waals surface area (Å²) in [7, 11) is 1.13. The third-order valence-corrected chi connectivity index (χ3v) is 13.3. The molecular weight excluding hydrogens is 990 g/mol. The maximum Gasteiger partial charge on any atom is 0.306 e. The van der Waals surface area contributed by atoms with Gasteiger partial charge >= 0.3 is 11.9 Å². The Bertz CT molecular complexity index is 1820. The van der Waals surface area contributed by atoms with E-state index in [-0.39, 0.29) is 26.1 Å². The number of ether oxygens (including phenoxy) is 2. The van der Waals surface area contributed by atoms with Gasteiger partial charge in [-0.05, 0) is 116 Å². The van der Waals surface area contributed by atoms with Crippen LogP contribution >= 0.6 is 7.82 Å². The molecule has 2 unspecified atom stereocenters. The highest BCUT2D eigenvalue weighted by Crippen LogP contribution is 2.38. The third kappa shape index (κ3) is 61.1. The summed E-state index contributed by atoms with van der Waals surface area (Å²) in [5.41, 5.74) is 0. The second kappa shape index (κ2) is 57.6. The van der Waals surface area contributed by atoms with Crippen molar-refractivity contribution < 1.29 is 42.1 Å². The zero-order valence-electron chi connectivity index (χ0n) is 50.1. The smallest absolute Gasteiger partial charge is 0.306 e. The number of unbranched alkanes of at least 4 members (excludes halogenated alkanes) is 16. The Morgan fingerprint density at radius 2 is 0.692 bits per heavy atom. The Morgan fingerprint density at radius 3 is 1.03 bits per heavy atom. The van der Waals surface area contributed by atoms with Crippen molar-refractivity contribution in [2.75, 3.05) is 47.5 Å². The molecule has 442 valence electrons. The summed E-state index contributed by atoms with van der Waals surface area (Å²) in [4.78, 5) is 37.9. The molecule has 0 aliphatic heterocycles. The molecule has 0 aliphatic rings. The summed E-state index contributed by atoms with van der Waals surface area (Å²) in [6.45, 7) is 3.97. The first-order valence-electron chi connectivity index (χ1n) is 30.5. The number of likely N-dealkylation sites (N-methyl/N-ethyl adjacent to an activating group) is 1. The molecular formula is C68H112NO8P. The first-order chi connectivity index (χ1) is 38.0. The van der Waals surface area contributed by atoms with E-state index in [9.17, 15) is 19.0 Å². The van der Waals surface area contributed by atoms with Crippen LogP contribution in [0.5, 0.6) is 0 Å². The van der Waals surface area contributed by atoms with Gasteiger partial charge in [-0.15, -0.1) is 0 Å². The van der Waals surface area contributed by atoms with Gasteiger partial charge in [-0.2, -0.15) is 0 Å². The van der Waals surface area contributed by atoms with Crippen LogP contribution in [0, 0.1) is 0 Å². The van der Waals surface area contributed by atoms with Crippen molar-refractivity contribution in [2.24, 2.45) is 0 Å². The molecule has 9 nitrogen and oxygen atoms in total. The fraction of sp³-hybridized carbons (Fsp3) is 0.618. The first kappa shape index (κ1) is 73.9. The lowest BCUT2D eigenvalue weighted by molar-refractivity contribution is -0.870. The van der Waals surface area contributed by atoms with Crippen molar-refractivity contribution in [3.63, 3.8) is 0 Å². The second-order valence-electron chi connectivity index (χ2n) is 20.9. The molecule has 0 saturated heterocycles. The van der Waals surface area contributed by atoms with E-state index in [2.05, 4.69) is 160 Å². The SMILES string of the molecule is CC/C=C\C/C=C\C/C=C\C/C=C\C/C=C\C/C=C\C/C=C\CCCCCCCCCCCCCC(=O)OC(COC(=O)CCCCCCC/C=C\C/C=C\C/C=C\C/C=C\C/C=C\CC)COP(=O)([O-])OCC[N+](C)(C)C. The Labute approximate surface area is 478 Å². The predicted molar refractivity (Wildman–Crippen MR) is 332 cm³/mol. The zero-order valence-corrected chi connectivity index (χ0v) is 50.9. The van der Waals surface area contributed by atoms with E-state index in [1.807, 2.05) is 21.1 Å². The van der Waals surface area contributed by atoms with E-state index >= 15 is 0 Å². The van der Waals surface area contributed by atoms with Gasteiger partial charge in [-0.1, -0.05) is 237 Å². The van der Waals surface area contributed by atoms with E-state index in [1.165, 1.54) is 44.9 Å². The van der Waals surface area contributed by atoms with Gasteiger partial charge in [0.1, 0.15) is 19.8 Å². The molecule has 10 heteroatoms. The van der Waals surface area contributed by atoms with Gasteiger partial charge in [0.05, 0.1) is 27.7 Å². The highest BCUT2D eigenvalue weighted by molar-refractivity contribution is 7.45. The molecule has 0 aliphatic carbocycles. The van der Waals surface area contributed by atoms with Crippen LogP contribution in [0.3, 0.4) is 0 Å². The lowest BCUT2D eigenvalue weighted by Gasteiger charge is -2.28. The molecule has 0 N–H and O–H groups in total. The largest absolute Gasteiger partial charge is 0.756 e. The number of esters is 2. The zero-order chi connectivity index (χ0) is 57.0. The minimum absolute atomic E-state index is 0.0428. The van der Waals surface area contributed by atoms with Crippen LogP contribution in [0.1, 0.15) is 219 Å². The van der Waals surface area contributed by atoms with Crippen LogP contribution in [0.15, 0.2) is 146 Å².